The maximum Gasteiger partial charge on any atom is 0.254 e. The van der Waals surface area contributed by atoms with Gasteiger partial charge >= 0.3 is 0 Å². The van der Waals surface area contributed by atoms with Crippen molar-refractivity contribution in [3.05, 3.63) is 117 Å². The van der Waals surface area contributed by atoms with Crippen LogP contribution >= 0.6 is 0 Å². The van der Waals surface area contributed by atoms with Gasteiger partial charge in [0.1, 0.15) is 11.9 Å². The van der Waals surface area contributed by atoms with Gasteiger partial charge in [0.25, 0.3) is 5.56 Å². The van der Waals surface area contributed by atoms with Crippen LogP contribution in [0.15, 0.2) is 77.6 Å². The molecule has 5 aromatic rings. The first kappa shape index (κ1) is 22.2. The van der Waals surface area contributed by atoms with Crippen LogP contribution in [0.25, 0.3) is 10.9 Å². The van der Waals surface area contributed by atoms with Crippen molar-refractivity contribution >= 4 is 16.6 Å². The first-order chi connectivity index (χ1) is 17.6. The number of tetrazole rings is 1. The number of aromatic amines is 1. The predicted molar refractivity (Wildman–Crippen MR) is 137 cm³/mol. The van der Waals surface area contributed by atoms with Crippen molar-refractivity contribution in [1.29, 1.82) is 0 Å². The topological polar surface area (TPSA) is 79.7 Å². The largest absolute Gasteiger partial charge is 0.357 e. The number of hydrogen-bond donors (Lipinski definition) is 1. The molecule has 0 bridgehead atoms. The number of anilines is 1. The monoisotopic (exact) mass is 480 g/mol. The van der Waals surface area contributed by atoms with E-state index in [0.29, 0.717) is 17.9 Å². The predicted octanol–water partition coefficient (Wildman–Crippen LogP) is 4.55. The first-order valence-electron chi connectivity index (χ1n) is 12.1. The number of hydrogen-bond acceptors (Lipinski definition) is 5. The van der Waals surface area contributed by atoms with Crippen molar-refractivity contribution < 1.29 is 4.39 Å². The molecule has 1 aliphatic rings. The molecule has 1 atom stereocenters. The fourth-order valence-corrected chi connectivity index (χ4v) is 5.11. The second-order valence-corrected chi connectivity index (χ2v) is 9.29. The minimum Gasteiger partial charge on any atom is -0.357 e. The Morgan fingerprint density at radius 2 is 1.89 bits per heavy atom. The van der Waals surface area contributed by atoms with Gasteiger partial charge < -0.3 is 9.88 Å². The highest BCUT2D eigenvalue weighted by Crippen LogP contribution is 2.36. The van der Waals surface area contributed by atoms with Crippen LogP contribution in [0.3, 0.4) is 0 Å². The summed E-state index contributed by atoms with van der Waals surface area (Å²) in [5, 5.41) is 13.6. The van der Waals surface area contributed by atoms with E-state index in [-0.39, 0.29) is 11.4 Å². The van der Waals surface area contributed by atoms with E-state index in [1.807, 2.05) is 37.3 Å². The molecule has 3 heterocycles. The number of aromatic nitrogens is 5. The Morgan fingerprint density at radius 3 is 2.75 bits per heavy atom. The zero-order valence-corrected chi connectivity index (χ0v) is 19.9. The molecule has 0 spiro atoms. The third kappa shape index (κ3) is 4.04. The molecule has 2 aromatic heterocycles. The molecule has 6 rings (SSSR count). The molecule has 1 aliphatic heterocycles. The first-order valence-corrected chi connectivity index (χ1v) is 12.1. The summed E-state index contributed by atoms with van der Waals surface area (Å²) in [7, 11) is 0. The lowest BCUT2D eigenvalue weighted by atomic mass is 9.96. The number of aryl methyl sites for hydroxylation is 2. The van der Waals surface area contributed by atoms with Crippen LogP contribution in [0, 0.1) is 12.7 Å². The summed E-state index contributed by atoms with van der Waals surface area (Å²) in [6.07, 6.45) is 1.94. The number of H-pyrrole nitrogens is 1. The number of benzene rings is 3. The van der Waals surface area contributed by atoms with E-state index in [1.54, 1.807) is 16.8 Å². The van der Waals surface area contributed by atoms with Gasteiger partial charge in [-0.3, -0.25) is 4.79 Å². The third-order valence-corrected chi connectivity index (χ3v) is 6.83. The van der Waals surface area contributed by atoms with Crippen molar-refractivity contribution in [2.75, 3.05) is 11.4 Å². The van der Waals surface area contributed by atoms with E-state index >= 15 is 0 Å². The van der Waals surface area contributed by atoms with Gasteiger partial charge in [-0.25, -0.2) is 9.07 Å². The van der Waals surface area contributed by atoms with Crippen LogP contribution in [-0.2, 0) is 13.0 Å². The summed E-state index contributed by atoms with van der Waals surface area (Å²) in [6.45, 7) is 3.15. The lowest BCUT2D eigenvalue weighted by Crippen LogP contribution is -2.38. The van der Waals surface area contributed by atoms with Crippen LogP contribution in [0.4, 0.5) is 10.1 Å². The summed E-state index contributed by atoms with van der Waals surface area (Å²) in [5.41, 5.74) is 5.49. The van der Waals surface area contributed by atoms with Crippen molar-refractivity contribution in [2.45, 2.75) is 32.4 Å². The van der Waals surface area contributed by atoms with Gasteiger partial charge in [-0.1, -0.05) is 42.0 Å². The van der Waals surface area contributed by atoms with Crippen molar-refractivity contribution in [3.63, 3.8) is 0 Å². The SMILES string of the molecule is Cc1ccc2[nH]c(=O)c(C(c3nnnn3Cc3ccc(F)cc3)N3CCCc4ccccc43)cc2c1. The number of pyridine rings is 1. The molecule has 3 aromatic carbocycles. The Hall–Kier alpha value is -4.33. The van der Waals surface area contributed by atoms with E-state index in [9.17, 15) is 9.18 Å². The summed E-state index contributed by atoms with van der Waals surface area (Å²) in [6, 6.07) is 22.0. The number of fused-ring (bicyclic) bond motifs is 2. The zero-order chi connectivity index (χ0) is 24.6. The Morgan fingerprint density at radius 1 is 1.06 bits per heavy atom. The number of halogens is 1. The number of para-hydroxylation sites is 1. The Balaban J connectivity index is 1.53. The molecule has 180 valence electrons. The molecule has 1 unspecified atom stereocenters. The highest BCUT2D eigenvalue weighted by molar-refractivity contribution is 5.80. The van der Waals surface area contributed by atoms with E-state index in [4.69, 9.17) is 0 Å². The highest BCUT2D eigenvalue weighted by Gasteiger charge is 2.33. The molecule has 0 radical (unpaired) electrons. The van der Waals surface area contributed by atoms with Crippen molar-refractivity contribution in [3.8, 4) is 0 Å². The van der Waals surface area contributed by atoms with Gasteiger partial charge in [0.15, 0.2) is 5.82 Å². The quantitative estimate of drug-likeness (QED) is 0.399. The number of rotatable bonds is 5. The summed E-state index contributed by atoms with van der Waals surface area (Å²) in [4.78, 5) is 18.8. The minimum absolute atomic E-state index is 0.171. The maximum atomic E-state index is 13.5. The van der Waals surface area contributed by atoms with Crippen LogP contribution in [0.2, 0.25) is 0 Å². The van der Waals surface area contributed by atoms with Gasteiger partial charge in [-0.2, -0.15) is 0 Å². The Kier molecular flexibility index (Phi) is 5.56. The lowest BCUT2D eigenvalue weighted by Gasteiger charge is -2.37. The van der Waals surface area contributed by atoms with Gasteiger partial charge in [-0.05, 0) is 83.1 Å². The average Bonchev–Trinajstić information content (AvgIpc) is 3.34. The summed E-state index contributed by atoms with van der Waals surface area (Å²) < 4.78 is 15.2. The van der Waals surface area contributed by atoms with Gasteiger partial charge in [-0.15, -0.1) is 5.10 Å². The molecule has 0 aliphatic carbocycles. The van der Waals surface area contributed by atoms with Gasteiger partial charge in [0, 0.05) is 23.3 Å². The van der Waals surface area contributed by atoms with Crippen LogP contribution in [0.1, 0.15) is 40.5 Å². The van der Waals surface area contributed by atoms with E-state index in [0.717, 1.165) is 47.1 Å². The molecule has 0 fully saturated rings. The van der Waals surface area contributed by atoms with E-state index in [1.165, 1.54) is 17.7 Å². The van der Waals surface area contributed by atoms with Crippen LogP contribution < -0.4 is 10.5 Å². The molecule has 0 amide bonds. The highest BCUT2D eigenvalue weighted by atomic mass is 19.1. The van der Waals surface area contributed by atoms with E-state index < -0.39 is 6.04 Å². The average molecular weight is 481 g/mol. The third-order valence-electron chi connectivity index (χ3n) is 6.83. The molecule has 0 saturated heterocycles. The number of nitrogens with one attached hydrogen (secondary N) is 1. The smallest absolute Gasteiger partial charge is 0.254 e. The van der Waals surface area contributed by atoms with Crippen molar-refractivity contribution in [1.82, 2.24) is 25.2 Å². The van der Waals surface area contributed by atoms with Crippen molar-refractivity contribution in [2.24, 2.45) is 0 Å². The summed E-state index contributed by atoms with van der Waals surface area (Å²) in [5.74, 6) is 0.269. The Labute approximate surface area is 207 Å². The standard InChI is InChI=1S/C28H25FN6O/c1-18-8-13-24-21(15-18)16-23(28(36)30-24)26(34-14-4-6-20-5-2-3-7-25(20)34)27-31-32-33-35(27)17-19-9-11-22(29)12-10-19/h2-3,5,7-13,15-16,26H,4,6,14,17H2,1H3,(H,30,36). The van der Waals surface area contributed by atoms with E-state index in [2.05, 4.69) is 43.6 Å². The molecule has 36 heavy (non-hydrogen) atoms. The fraction of sp³-hybridized carbons (Fsp3) is 0.214. The number of nitrogens with zero attached hydrogens (tertiary/aromatic N) is 5. The minimum atomic E-state index is -0.504. The zero-order valence-electron chi connectivity index (χ0n) is 19.9. The lowest BCUT2D eigenvalue weighted by molar-refractivity contribution is 0.554. The molecule has 1 N–H and O–H groups in total. The second-order valence-electron chi connectivity index (χ2n) is 9.29. The summed E-state index contributed by atoms with van der Waals surface area (Å²) >= 11 is 0. The fourth-order valence-electron chi connectivity index (χ4n) is 5.11. The molecular formula is C28H25FN6O. The van der Waals surface area contributed by atoms with Gasteiger partial charge in [0.2, 0.25) is 0 Å². The maximum absolute atomic E-state index is 13.5. The van der Waals surface area contributed by atoms with Crippen LogP contribution in [0.5, 0.6) is 0 Å². The molecule has 0 saturated carbocycles. The van der Waals surface area contributed by atoms with Crippen LogP contribution in [-0.4, -0.2) is 31.7 Å². The molecule has 8 heteroatoms. The Bertz CT molecular complexity index is 1610. The molecule has 7 nitrogen and oxygen atoms in total. The van der Waals surface area contributed by atoms with Gasteiger partial charge in [0.05, 0.1) is 6.54 Å². The molecular weight excluding hydrogens is 455 g/mol. The normalized spacial score (nSPS) is 14.1. The second kappa shape index (κ2) is 9.03.